The molecule has 0 radical (unpaired) electrons. The maximum Gasteiger partial charge on any atom is 0.416 e. The van der Waals surface area contributed by atoms with Gasteiger partial charge in [0.1, 0.15) is 29.5 Å². The zero-order valence-corrected chi connectivity index (χ0v) is 18.7. The van der Waals surface area contributed by atoms with Gasteiger partial charge in [0.15, 0.2) is 5.65 Å². The lowest BCUT2D eigenvalue weighted by Crippen LogP contribution is -2.41. The highest BCUT2D eigenvalue weighted by molar-refractivity contribution is 5.99. The number of benzene rings is 1. The Kier molecular flexibility index (Phi) is 5.67. The van der Waals surface area contributed by atoms with E-state index in [1.165, 1.54) is 18.5 Å². The SMILES string of the molecule is N#C/C(=C\C1CC1)C(=O)N1CCC[C@H](n2nc(-c3cccc(C(F)(F)F)c3)c3c(N)ncnc32)C1. The Labute approximate surface area is 198 Å². The van der Waals surface area contributed by atoms with Gasteiger partial charge in [0, 0.05) is 18.7 Å². The van der Waals surface area contributed by atoms with E-state index in [9.17, 15) is 23.2 Å². The van der Waals surface area contributed by atoms with Crippen molar-refractivity contribution in [2.24, 2.45) is 5.92 Å². The summed E-state index contributed by atoms with van der Waals surface area (Å²) in [5, 5.41) is 14.5. The molecule has 3 aromatic rings. The zero-order chi connectivity index (χ0) is 24.7. The molecule has 1 atom stereocenters. The highest BCUT2D eigenvalue weighted by Gasteiger charge is 2.33. The third-order valence-corrected chi connectivity index (χ3v) is 6.39. The summed E-state index contributed by atoms with van der Waals surface area (Å²) in [6.45, 7) is 0.807. The van der Waals surface area contributed by atoms with Gasteiger partial charge in [-0.1, -0.05) is 18.2 Å². The Morgan fingerprint density at radius 2 is 2.03 bits per heavy atom. The van der Waals surface area contributed by atoms with Gasteiger partial charge in [-0.15, -0.1) is 0 Å². The molecule has 3 heterocycles. The topological polar surface area (TPSA) is 114 Å². The molecule has 0 unspecified atom stereocenters. The van der Waals surface area contributed by atoms with Crippen molar-refractivity contribution in [1.29, 1.82) is 5.26 Å². The van der Waals surface area contributed by atoms with Crippen molar-refractivity contribution in [3.8, 4) is 17.3 Å². The highest BCUT2D eigenvalue weighted by Crippen LogP contribution is 2.37. The van der Waals surface area contributed by atoms with Gasteiger partial charge >= 0.3 is 6.18 Å². The molecule has 35 heavy (non-hydrogen) atoms. The zero-order valence-electron chi connectivity index (χ0n) is 18.7. The maximum absolute atomic E-state index is 13.3. The van der Waals surface area contributed by atoms with E-state index >= 15 is 0 Å². The summed E-state index contributed by atoms with van der Waals surface area (Å²) in [6.07, 6.45) is 1.85. The first kappa shape index (κ1) is 22.8. The second-order valence-corrected chi connectivity index (χ2v) is 8.91. The average Bonchev–Trinajstić information content (AvgIpc) is 3.59. The Bertz CT molecular complexity index is 1370. The molecule has 8 nitrogen and oxygen atoms in total. The number of piperidine rings is 1. The van der Waals surface area contributed by atoms with Gasteiger partial charge in [-0.3, -0.25) is 4.79 Å². The van der Waals surface area contributed by atoms with E-state index in [2.05, 4.69) is 15.1 Å². The summed E-state index contributed by atoms with van der Waals surface area (Å²) < 4.78 is 41.6. The summed E-state index contributed by atoms with van der Waals surface area (Å²) in [5.74, 6) is 0.0864. The molecule has 1 aliphatic carbocycles. The van der Waals surface area contributed by atoms with Gasteiger partial charge in [0.25, 0.3) is 5.91 Å². The minimum Gasteiger partial charge on any atom is -0.383 e. The van der Waals surface area contributed by atoms with Gasteiger partial charge < -0.3 is 10.6 Å². The van der Waals surface area contributed by atoms with Crippen LogP contribution < -0.4 is 5.73 Å². The van der Waals surface area contributed by atoms with E-state index in [1.54, 1.807) is 15.7 Å². The van der Waals surface area contributed by atoms with Crippen molar-refractivity contribution in [3.05, 3.63) is 47.8 Å². The largest absolute Gasteiger partial charge is 0.416 e. The van der Waals surface area contributed by atoms with Crippen LogP contribution in [0.5, 0.6) is 0 Å². The van der Waals surface area contributed by atoms with E-state index in [0.717, 1.165) is 25.0 Å². The van der Waals surface area contributed by atoms with Crippen LogP contribution in [0.1, 0.15) is 37.3 Å². The fraction of sp³-hybridized carbons (Fsp3) is 0.375. The molecule has 2 fully saturated rings. The lowest BCUT2D eigenvalue weighted by atomic mass is 10.0. The number of hydrogen-bond donors (Lipinski definition) is 1. The number of nitrogens with zero attached hydrogens (tertiary/aromatic N) is 6. The Balaban J connectivity index is 1.52. The van der Waals surface area contributed by atoms with Gasteiger partial charge in [-0.05, 0) is 43.7 Å². The predicted octanol–water partition coefficient (Wildman–Crippen LogP) is 4.12. The van der Waals surface area contributed by atoms with E-state index in [1.807, 2.05) is 6.07 Å². The number of likely N-dealkylation sites (tertiary alicyclic amines) is 1. The van der Waals surface area contributed by atoms with E-state index in [-0.39, 0.29) is 34.6 Å². The molecule has 11 heteroatoms. The third-order valence-electron chi connectivity index (χ3n) is 6.39. The van der Waals surface area contributed by atoms with E-state index < -0.39 is 11.7 Å². The van der Waals surface area contributed by atoms with Crippen LogP contribution in [-0.2, 0) is 11.0 Å². The fourth-order valence-electron chi connectivity index (χ4n) is 4.46. The molecule has 5 rings (SSSR count). The number of nitrogen functional groups attached to an aromatic ring is 1. The number of halogens is 3. The van der Waals surface area contributed by atoms with Crippen LogP contribution in [0, 0.1) is 17.2 Å². The molecule has 2 aromatic heterocycles. The van der Waals surface area contributed by atoms with Crippen molar-refractivity contribution >= 4 is 22.8 Å². The first-order chi connectivity index (χ1) is 16.8. The highest BCUT2D eigenvalue weighted by atomic mass is 19.4. The van der Waals surface area contributed by atoms with E-state index in [4.69, 9.17) is 5.73 Å². The lowest BCUT2D eigenvalue weighted by Gasteiger charge is -2.32. The molecular weight excluding hydrogens is 459 g/mol. The number of allylic oxidation sites excluding steroid dienone is 1. The maximum atomic E-state index is 13.3. The molecule has 1 aromatic carbocycles. The average molecular weight is 481 g/mol. The van der Waals surface area contributed by atoms with Gasteiger partial charge in [0.05, 0.1) is 17.0 Å². The normalized spacial score (nSPS) is 19.1. The molecule has 180 valence electrons. The minimum absolute atomic E-state index is 0.108. The smallest absolute Gasteiger partial charge is 0.383 e. The fourth-order valence-corrected chi connectivity index (χ4v) is 4.46. The van der Waals surface area contributed by atoms with Crippen LogP contribution >= 0.6 is 0 Å². The number of rotatable bonds is 4. The minimum atomic E-state index is -4.51. The molecule has 0 bridgehead atoms. The van der Waals surface area contributed by atoms with Crippen molar-refractivity contribution in [2.75, 3.05) is 18.8 Å². The number of nitriles is 1. The number of anilines is 1. The van der Waals surface area contributed by atoms with Gasteiger partial charge in [-0.25, -0.2) is 14.6 Å². The number of amides is 1. The summed E-state index contributed by atoms with van der Waals surface area (Å²) in [6, 6.07) is 6.61. The number of hydrogen-bond acceptors (Lipinski definition) is 6. The molecule has 1 saturated heterocycles. The van der Waals surface area contributed by atoms with Crippen molar-refractivity contribution in [2.45, 2.75) is 37.9 Å². The summed E-state index contributed by atoms with van der Waals surface area (Å²) in [5.41, 5.74) is 6.34. The predicted molar refractivity (Wildman–Crippen MR) is 121 cm³/mol. The Morgan fingerprint density at radius 1 is 1.23 bits per heavy atom. The molecule has 0 spiro atoms. The quantitative estimate of drug-likeness (QED) is 0.443. The molecule has 2 aliphatic rings. The van der Waals surface area contributed by atoms with Crippen LogP contribution in [0.2, 0.25) is 0 Å². The van der Waals surface area contributed by atoms with Crippen LogP contribution in [0.25, 0.3) is 22.3 Å². The Hall–Kier alpha value is -3.94. The molecule has 1 aliphatic heterocycles. The number of alkyl halides is 3. The molecule has 2 N–H and O–H groups in total. The monoisotopic (exact) mass is 481 g/mol. The number of carbonyl (C=O) groups is 1. The van der Waals surface area contributed by atoms with Crippen molar-refractivity contribution in [3.63, 3.8) is 0 Å². The van der Waals surface area contributed by atoms with Crippen LogP contribution in [0.15, 0.2) is 42.2 Å². The van der Waals surface area contributed by atoms with E-state index in [0.29, 0.717) is 42.9 Å². The summed E-state index contributed by atoms with van der Waals surface area (Å²) in [4.78, 5) is 23.0. The number of nitrogens with two attached hydrogens (primary N) is 1. The lowest BCUT2D eigenvalue weighted by molar-refractivity contribution is -0.137. The van der Waals surface area contributed by atoms with Crippen LogP contribution in [0.4, 0.5) is 19.0 Å². The number of fused-ring (bicyclic) bond motifs is 1. The second-order valence-electron chi connectivity index (χ2n) is 8.91. The Morgan fingerprint density at radius 3 is 2.74 bits per heavy atom. The standard InChI is InChI=1S/C24H22F3N7O/c25-24(26,27)17-4-1-3-15(10-17)20-19-21(29)30-13-31-22(19)34(32-20)18-5-2-8-33(12-18)23(35)16(11-28)9-14-6-7-14/h1,3-4,9-10,13-14,18H,2,5-8,12H2,(H2,29,30,31)/b16-9+/t18-/m0/s1. The van der Waals surface area contributed by atoms with Crippen LogP contribution in [0.3, 0.4) is 0 Å². The molecular formula is C24H22F3N7O. The first-order valence-electron chi connectivity index (χ1n) is 11.3. The van der Waals surface area contributed by atoms with Gasteiger partial charge in [0.2, 0.25) is 0 Å². The molecule has 1 amide bonds. The van der Waals surface area contributed by atoms with Crippen LogP contribution in [-0.4, -0.2) is 43.6 Å². The summed E-state index contributed by atoms with van der Waals surface area (Å²) in [7, 11) is 0. The van der Waals surface area contributed by atoms with Crippen molar-refractivity contribution < 1.29 is 18.0 Å². The number of carbonyl (C=O) groups excluding carboxylic acids is 1. The van der Waals surface area contributed by atoms with Gasteiger partial charge in [-0.2, -0.15) is 23.5 Å². The summed E-state index contributed by atoms with van der Waals surface area (Å²) >= 11 is 0. The second kappa shape index (κ2) is 8.69. The first-order valence-corrected chi connectivity index (χ1v) is 11.3. The third kappa shape index (κ3) is 4.43. The van der Waals surface area contributed by atoms with Crippen molar-refractivity contribution in [1.82, 2.24) is 24.6 Å². The molecule has 1 saturated carbocycles. The number of aromatic nitrogens is 4.